The van der Waals surface area contributed by atoms with Crippen LogP contribution in [-0.2, 0) is 4.79 Å². The van der Waals surface area contributed by atoms with E-state index in [1.54, 1.807) is 8.87 Å². The molecule has 0 saturated carbocycles. The molecule has 1 unspecified atom stereocenters. The first-order valence-corrected chi connectivity index (χ1v) is 18.8. The van der Waals surface area contributed by atoms with Crippen LogP contribution >= 0.6 is 12.6 Å². The number of thiol groups is 1. The van der Waals surface area contributed by atoms with E-state index in [1.807, 2.05) is 0 Å². The van der Waals surface area contributed by atoms with Crippen molar-refractivity contribution in [3.63, 3.8) is 0 Å². The Morgan fingerprint density at radius 3 is 1.34 bits per heavy atom. The first kappa shape index (κ1) is 34.8. The molecule has 0 spiro atoms. The van der Waals surface area contributed by atoms with E-state index in [9.17, 15) is 4.79 Å². The number of carbonyl (C=O) groups is 1. The van der Waals surface area contributed by atoms with Crippen LogP contribution in [0.2, 0.25) is 8.87 Å². The molecular weight excluding hydrogens is 519 g/mol. The number of hydrogen-bond donors (Lipinski definition) is 2. The van der Waals surface area contributed by atoms with Gasteiger partial charge in [0.1, 0.15) is 0 Å². The summed E-state index contributed by atoms with van der Waals surface area (Å²) in [6.07, 6.45) is 26.2. The third kappa shape index (κ3) is 30.6. The summed E-state index contributed by atoms with van der Waals surface area (Å²) < 4.78 is 3.25. The molecular formula is C28H58O2SSn. The molecule has 0 aliphatic carbocycles. The maximum absolute atomic E-state index is 11.0. The van der Waals surface area contributed by atoms with Gasteiger partial charge >= 0.3 is 75.5 Å². The van der Waals surface area contributed by atoms with Gasteiger partial charge in [0, 0.05) is 0 Å². The normalized spacial score (nSPS) is 11.8. The van der Waals surface area contributed by atoms with Gasteiger partial charge in [0.25, 0.3) is 0 Å². The summed E-state index contributed by atoms with van der Waals surface area (Å²) in [7, 11) is 0. The van der Waals surface area contributed by atoms with Gasteiger partial charge in [-0.05, 0) is 18.6 Å². The van der Waals surface area contributed by atoms with Gasteiger partial charge in [0.15, 0.2) is 0 Å². The second-order valence-electron chi connectivity index (χ2n) is 9.39. The van der Waals surface area contributed by atoms with E-state index in [1.165, 1.54) is 109 Å². The van der Waals surface area contributed by atoms with E-state index in [0.717, 1.165) is 12.8 Å². The summed E-state index contributed by atoms with van der Waals surface area (Å²) in [5.41, 5.74) is 0. The second-order valence-corrected chi connectivity index (χ2v) is 14.1. The van der Waals surface area contributed by atoms with Crippen molar-refractivity contribution in [2.45, 2.75) is 158 Å². The maximum atomic E-state index is 11.0. The molecule has 32 heavy (non-hydrogen) atoms. The Kier molecular flexibility index (Phi) is 34.4. The fourth-order valence-electron chi connectivity index (χ4n) is 3.86. The minimum atomic E-state index is -0.645. The molecule has 0 aromatic rings. The van der Waals surface area contributed by atoms with Crippen LogP contribution in [0.25, 0.3) is 0 Å². The predicted octanol–water partition coefficient (Wildman–Crippen LogP) is 10.0. The summed E-state index contributed by atoms with van der Waals surface area (Å²) >= 11 is 4.29. The Balaban J connectivity index is 0. The zero-order valence-electron chi connectivity index (χ0n) is 22.1. The molecule has 2 nitrogen and oxygen atoms in total. The van der Waals surface area contributed by atoms with Gasteiger partial charge in [-0.25, -0.2) is 0 Å². The summed E-state index contributed by atoms with van der Waals surface area (Å²) in [6.45, 7) is 6.85. The quantitative estimate of drug-likeness (QED) is 0.0681. The van der Waals surface area contributed by atoms with Gasteiger partial charge in [-0.15, -0.1) is 0 Å². The number of carboxylic acid groups (broad SMARTS) is 1. The van der Waals surface area contributed by atoms with E-state index in [4.69, 9.17) is 5.11 Å². The van der Waals surface area contributed by atoms with Crippen LogP contribution in [0, 0.1) is 5.92 Å². The molecule has 0 aromatic carbocycles. The molecule has 1 N–H and O–H groups in total. The topological polar surface area (TPSA) is 37.3 Å². The minimum absolute atomic E-state index is 0.149. The van der Waals surface area contributed by atoms with Gasteiger partial charge in [-0.1, -0.05) is 96.8 Å². The van der Waals surface area contributed by atoms with Crippen molar-refractivity contribution >= 4 is 39.7 Å². The van der Waals surface area contributed by atoms with Gasteiger partial charge in [0.05, 0.1) is 5.92 Å². The van der Waals surface area contributed by atoms with E-state index in [-0.39, 0.29) is 27.1 Å². The van der Waals surface area contributed by atoms with Crippen molar-refractivity contribution in [1.82, 2.24) is 0 Å². The fraction of sp³-hybridized carbons (Fsp3) is 0.964. The number of hydrogen-bond acceptors (Lipinski definition) is 2. The molecule has 0 aliphatic rings. The van der Waals surface area contributed by atoms with Crippen molar-refractivity contribution < 1.29 is 9.90 Å². The van der Waals surface area contributed by atoms with Crippen molar-refractivity contribution in [2.24, 2.45) is 5.92 Å². The average molecular weight is 578 g/mol. The molecule has 0 rings (SSSR count). The number of carboxylic acids is 1. The van der Waals surface area contributed by atoms with Crippen LogP contribution in [0.15, 0.2) is 0 Å². The molecule has 0 aromatic heterocycles. The monoisotopic (exact) mass is 578 g/mol. The fourth-order valence-corrected chi connectivity index (χ4v) is 8.33. The molecule has 0 heterocycles. The van der Waals surface area contributed by atoms with Crippen molar-refractivity contribution in [2.75, 3.05) is 5.75 Å². The van der Waals surface area contributed by atoms with Gasteiger partial charge in [-0.2, -0.15) is 12.6 Å². The van der Waals surface area contributed by atoms with Crippen molar-refractivity contribution in [3.8, 4) is 0 Å². The summed E-state index contributed by atoms with van der Waals surface area (Å²) in [6, 6.07) is 0. The Labute approximate surface area is 218 Å². The second kappa shape index (κ2) is 31.6. The van der Waals surface area contributed by atoms with Gasteiger partial charge < -0.3 is 5.11 Å². The standard InChI is InChI=1S/C20H40O2S.2C4H9.Sn/c1-2-3-4-5-6-7-8-9-10-11-12-13-14-15-16-19(17-18-23)20(21)22;2*1-3-4-2;/h19,23H,2-18H2,1H3,(H,21,22);2*1,3-4H2,2H3;. The van der Waals surface area contributed by atoms with Crippen LogP contribution < -0.4 is 0 Å². The van der Waals surface area contributed by atoms with E-state index in [0.29, 0.717) is 12.2 Å². The van der Waals surface area contributed by atoms with Crippen LogP contribution in [-0.4, -0.2) is 38.0 Å². The molecule has 4 heteroatoms. The van der Waals surface area contributed by atoms with Crippen molar-refractivity contribution in [1.29, 1.82) is 0 Å². The predicted molar refractivity (Wildman–Crippen MR) is 150 cm³/mol. The van der Waals surface area contributed by atoms with Crippen LogP contribution in [0.3, 0.4) is 0 Å². The first-order valence-electron chi connectivity index (χ1n) is 14.2. The zero-order chi connectivity index (χ0) is 24.1. The van der Waals surface area contributed by atoms with Gasteiger partial charge in [0.2, 0.25) is 0 Å². The van der Waals surface area contributed by atoms with E-state index < -0.39 is 5.97 Å². The SMILES string of the molecule is CCCCCCCCCCCCCCCCC(CCS)C(=O)O.CCC[CH2][Sn][CH2]CCC. The number of unbranched alkanes of at least 4 members (excludes halogenated alkanes) is 15. The molecule has 0 aliphatic heterocycles. The van der Waals surface area contributed by atoms with Crippen LogP contribution in [0.5, 0.6) is 0 Å². The zero-order valence-corrected chi connectivity index (χ0v) is 25.9. The molecule has 2 radical (unpaired) electrons. The summed E-state index contributed by atoms with van der Waals surface area (Å²) in [5.74, 6) is -0.145. The van der Waals surface area contributed by atoms with Crippen LogP contribution in [0.1, 0.15) is 149 Å². The molecule has 192 valence electrons. The summed E-state index contributed by atoms with van der Waals surface area (Å²) in [4.78, 5) is 11.0. The molecule has 1 atom stereocenters. The van der Waals surface area contributed by atoms with Crippen LogP contribution in [0.4, 0.5) is 0 Å². The third-order valence-corrected chi connectivity index (χ3v) is 10.4. The molecule has 0 bridgehead atoms. The average Bonchev–Trinajstić information content (AvgIpc) is 2.79. The number of aliphatic carboxylic acids is 1. The van der Waals surface area contributed by atoms with Gasteiger partial charge in [-0.3, -0.25) is 4.79 Å². The Morgan fingerprint density at radius 1 is 0.625 bits per heavy atom. The first-order chi connectivity index (χ1) is 15.6. The molecule has 0 fully saturated rings. The third-order valence-electron chi connectivity index (χ3n) is 6.15. The van der Waals surface area contributed by atoms with E-state index in [2.05, 4.69) is 33.4 Å². The van der Waals surface area contributed by atoms with Crippen molar-refractivity contribution in [3.05, 3.63) is 0 Å². The Bertz CT molecular complexity index is 346. The summed E-state index contributed by atoms with van der Waals surface area (Å²) in [5, 5.41) is 9.07. The Hall–Kier alpha value is 0.619. The van der Waals surface area contributed by atoms with E-state index >= 15 is 0 Å². The molecule has 0 saturated heterocycles. The number of rotatable bonds is 24. The molecule has 0 amide bonds. The Morgan fingerprint density at radius 2 is 1.00 bits per heavy atom.